The van der Waals surface area contributed by atoms with Gasteiger partial charge in [0, 0.05) is 37.0 Å². The number of hydrogen-bond donors (Lipinski definition) is 1. The molecule has 0 saturated carbocycles. The Bertz CT molecular complexity index is 1880. The van der Waals surface area contributed by atoms with Gasteiger partial charge in [0.05, 0.1) is 30.0 Å². The zero-order valence-electron chi connectivity index (χ0n) is 20.1. The Kier molecular flexibility index (Phi) is 5.84. The molecule has 39 heavy (non-hydrogen) atoms. The third kappa shape index (κ3) is 4.49. The Morgan fingerprint density at radius 3 is 2.56 bits per heavy atom. The number of rotatable bonds is 5. The van der Waals surface area contributed by atoms with Crippen LogP contribution in [-0.4, -0.2) is 38.7 Å². The molecule has 0 atom stereocenters. The first-order valence-electron chi connectivity index (χ1n) is 11.3. The molecular formula is C24H16Cl2F3N9O. The topological polar surface area (TPSA) is 100.0 Å². The number of fused-ring (bicyclic) bond motifs is 2. The maximum atomic E-state index is 13.7. The summed E-state index contributed by atoms with van der Waals surface area (Å²) < 4.78 is 51.6. The summed E-state index contributed by atoms with van der Waals surface area (Å²) in [6.45, 7) is 1.75. The highest BCUT2D eigenvalue weighted by atomic mass is 35.5. The minimum atomic E-state index is -4.57. The van der Waals surface area contributed by atoms with Gasteiger partial charge in [0.15, 0.2) is 22.3 Å². The predicted octanol–water partition coefficient (Wildman–Crippen LogP) is 6.37. The summed E-state index contributed by atoms with van der Waals surface area (Å²) in [5.74, 6) is 0.722. The number of nitrogens with one attached hydrogen (secondary N) is 1. The van der Waals surface area contributed by atoms with E-state index >= 15 is 0 Å². The standard InChI is InChI=1S/C24H16Cl2F3N9O/c1-12-10-37(11-32-12)15-6-13(24(27,28)29)5-14(7-15)34-23-35-22-20(36(23)2)18(25)16(8-31-22)39-17-9-33-38-4-3-30-21(26)19(17)38/h3-11H,1-2H3,(H,31,34,35). The Morgan fingerprint density at radius 1 is 1.00 bits per heavy atom. The summed E-state index contributed by atoms with van der Waals surface area (Å²) in [5, 5.41) is 7.51. The molecule has 0 bridgehead atoms. The molecular weight excluding hydrogens is 558 g/mol. The lowest BCUT2D eigenvalue weighted by Crippen LogP contribution is -2.08. The van der Waals surface area contributed by atoms with E-state index in [-0.39, 0.29) is 38.9 Å². The van der Waals surface area contributed by atoms with Crippen molar-refractivity contribution in [1.82, 2.24) is 38.7 Å². The molecule has 0 aliphatic rings. The van der Waals surface area contributed by atoms with Crippen molar-refractivity contribution in [3.8, 4) is 17.2 Å². The summed E-state index contributed by atoms with van der Waals surface area (Å²) in [6, 6.07) is 3.60. The summed E-state index contributed by atoms with van der Waals surface area (Å²) in [6.07, 6.45) is 4.48. The molecule has 0 radical (unpaired) electrons. The lowest BCUT2D eigenvalue weighted by molar-refractivity contribution is -0.137. The Morgan fingerprint density at radius 2 is 1.82 bits per heavy atom. The molecule has 0 saturated heterocycles. The van der Waals surface area contributed by atoms with Gasteiger partial charge in [-0.3, -0.25) is 0 Å². The Hall–Kier alpha value is -4.36. The van der Waals surface area contributed by atoms with Gasteiger partial charge >= 0.3 is 6.18 Å². The second-order valence-corrected chi connectivity index (χ2v) is 9.27. The third-order valence-electron chi connectivity index (χ3n) is 5.89. The number of anilines is 2. The van der Waals surface area contributed by atoms with Gasteiger partial charge in [-0.2, -0.15) is 23.3 Å². The lowest BCUT2D eigenvalue weighted by atomic mass is 10.1. The molecule has 5 heterocycles. The zero-order valence-corrected chi connectivity index (χ0v) is 21.6. The van der Waals surface area contributed by atoms with Crippen LogP contribution >= 0.6 is 23.2 Å². The van der Waals surface area contributed by atoms with E-state index in [9.17, 15) is 13.2 Å². The average molecular weight is 574 g/mol. The molecule has 0 fully saturated rings. The number of benzene rings is 1. The van der Waals surface area contributed by atoms with Gasteiger partial charge in [0.1, 0.15) is 16.1 Å². The first-order valence-corrected chi connectivity index (χ1v) is 12.0. The van der Waals surface area contributed by atoms with Crippen molar-refractivity contribution in [3.63, 3.8) is 0 Å². The normalized spacial score (nSPS) is 12.0. The van der Waals surface area contributed by atoms with Crippen LogP contribution in [0.5, 0.6) is 11.5 Å². The summed E-state index contributed by atoms with van der Waals surface area (Å²) >= 11 is 12.9. The first kappa shape index (κ1) is 24.9. The van der Waals surface area contributed by atoms with E-state index in [4.69, 9.17) is 27.9 Å². The zero-order chi connectivity index (χ0) is 27.5. The number of ether oxygens (including phenoxy) is 1. The number of aromatic nitrogens is 8. The summed E-state index contributed by atoms with van der Waals surface area (Å²) in [5.41, 5.74) is 1.37. The van der Waals surface area contributed by atoms with Crippen LogP contribution < -0.4 is 10.1 Å². The highest BCUT2D eigenvalue weighted by Crippen LogP contribution is 2.38. The first-order chi connectivity index (χ1) is 18.6. The van der Waals surface area contributed by atoms with Gasteiger partial charge in [-0.1, -0.05) is 23.2 Å². The van der Waals surface area contributed by atoms with E-state index in [0.29, 0.717) is 22.5 Å². The van der Waals surface area contributed by atoms with E-state index in [0.717, 1.165) is 12.1 Å². The smallest absolute Gasteiger partial charge is 0.416 e. The number of imidazole rings is 2. The summed E-state index contributed by atoms with van der Waals surface area (Å²) in [7, 11) is 1.65. The SMILES string of the molecule is Cc1cn(-c2cc(Nc3nc4ncc(Oc5cnn6ccnc(Cl)c56)c(Cl)c4n3C)cc(C(F)(F)F)c2)cn1. The van der Waals surface area contributed by atoms with Crippen LogP contribution in [0.2, 0.25) is 10.2 Å². The second-order valence-electron chi connectivity index (χ2n) is 8.54. The minimum Gasteiger partial charge on any atom is -0.450 e. The molecule has 5 aromatic heterocycles. The number of aryl methyl sites for hydroxylation is 2. The fraction of sp³-hybridized carbons (Fsp3) is 0.125. The van der Waals surface area contributed by atoms with E-state index in [1.807, 2.05) is 0 Å². The molecule has 0 aliphatic carbocycles. The van der Waals surface area contributed by atoms with Crippen molar-refractivity contribution in [2.75, 3.05) is 5.32 Å². The number of hydrogen-bond acceptors (Lipinski definition) is 7. The molecule has 15 heteroatoms. The van der Waals surface area contributed by atoms with E-state index in [1.54, 1.807) is 37.0 Å². The van der Waals surface area contributed by atoms with Crippen molar-refractivity contribution in [2.24, 2.45) is 7.05 Å². The quantitative estimate of drug-likeness (QED) is 0.256. The maximum absolute atomic E-state index is 13.7. The van der Waals surface area contributed by atoms with Gasteiger partial charge in [-0.15, -0.1) is 0 Å². The van der Waals surface area contributed by atoms with Crippen molar-refractivity contribution in [3.05, 3.63) is 76.9 Å². The highest BCUT2D eigenvalue weighted by Gasteiger charge is 2.31. The number of pyridine rings is 1. The Labute approximate surface area is 227 Å². The van der Waals surface area contributed by atoms with Crippen LogP contribution in [0.3, 0.4) is 0 Å². The van der Waals surface area contributed by atoms with Crippen molar-refractivity contribution < 1.29 is 17.9 Å². The average Bonchev–Trinajstić information content (AvgIpc) is 3.59. The highest BCUT2D eigenvalue weighted by molar-refractivity contribution is 6.36. The molecule has 6 rings (SSSR count). The van der Waals surface area contributed by atoms with Crippen LogP contribution in [0, 0.1) is 6.92 Å². The van der Waals surface area contributed by atoms with Crippen LogP contribution in [0.4, 0.5) is 24.8 Å². The van der Waals surface area contributed by atoms with Gasteiger partial charge in [-0.05, 0) is 25.1 Å². The third-order valence-corrected chi connectivity index (χ3v) is 6.53. The maximum Gasteiger partial charge on any atom is 0.416 e. The van der Waals surface area contributed by atoms with Gasteiger partial charge < -0.3 is 19.2 Å². The molecule has 1 aromatic carbocycles. The minimum absolute atomic E-state index is 0.158. The monoisotopic (exact) mass is 573 g/mol. The van der Waals surface area contributed by atoms with E-state index < -0.39 is 11.7 Å². The summed E-state index contributed by atoms with van der Waals surface area (Å²) in [4.78, 5) is 16.9. The molecule has 6 aromatic rings. The lowest BCUT2D eigenvalue weighted by Gasteiger charge is -2.14. The van der Waals surface area contributed by atoms with Crippen LogP contribution in [0.25, 0.3) is 22.4 Å². The molecule has 0 amide bonds. The molecule has 0 unspecified atom stereocenters. The van der Waals surface area contributed by atoms with Crippen molar-refractivity contribution in [2.45, 2.75) is 13.1 Å². The van der Waals surface area contributed by atoms with E-state index in [1.165, 1.54) is 34.0 Å². The predicted molar refractivity (Wildman–Crippen MR) is 138 cm³/mol. The number of alkyl halides is 3. The fourth-order valence-electron chi connectivity index (χ4n) is 4.06. The van der Waals surface area contributed by atoms with E-state index in [2.05, 4.69) is 30.4 Å². The van der Waals surface area contributed by atoms with Crippen molar-refractivity contribution >= 4 is 51.5 Å². The van der Waals surface area contributed by atoms with Gasteiger partial charge in [0.25, 0.3) is 0 Å². The van der Waals surface area contributed by atoms with Crippen LogP contribution in [-0.2, 0) is 13.2 Å². The number of halogens is 5. The van der Waals surface area contributed by atoms with Crippen LogP contribution in [0.15, 0.2) is 55.5 Å². The molecule has 0 spiro atoms. The van der Waals surface area contributed by atoms with Crippen LogP contribution in [0.1, 0.15) is 11.3 Å². The van der Waals surface area contributed by atoms with Gasteiger partial charge in [-0.25, -0.2) is 19.5 Å². The molecule has 10 nitrogen and oxygen atoms in total. The second kappa shape index (κ2) is 9.13. The fourth-order valence-corrected chi connectivity index (χ4v) is 4.59. The largest absolute Gasteiger partial charge is 0.450 e. The molecule has 1 N–H and O–H groups in total. The molecule has 0 aliphatic heterocycles. The molecule has 198 valence electrons. The van der Waals surface area contributed by atoms with Gasteiger partial charge in [0.2, 0.25) is 5.95 Å². The number of nitrogens with zero attached hydrogens (tertiary/aromatic N) is 8. The van der Waals surface area contributed by atoms with Crippen molar-refractivity contribution in [1.29, 1.82) is 0 Å². The Balaban J connectivity index is 1.38.